The van der Waals surface area contributed by atoms with Crippen LogP contribution in [0.25, 0.3) is 11.3 Å². The average molecular weight is 199 g/mol. The summed E-state index contributed by atoms with van der Waals surface area (Å²) >= 11 is 0. The van der Waals surface area contributed by atoms with Gasteiger partial charge in [-0.25, -0.2) is 0 Å². The van der Waals surface area contributed by atoms with Crippen molar-refractivity contribution in [3.05, 3.63) is 42.6 Å². The highest BCUT2D eigenvalue weighted by molar-refractivity contribution is 5.58. The first kappa shape index (κ1) is 9.97. The molecule has 2 heteroatoms. The second-order valence-electron chi connectivity index (χ2n) is 4.10. The minimum Gasteiger partial charge on any atom is -0.264 e. The fourth-order valence-electron chi connectivity index (χ4n) is 1.61. The first-order valence-corrected chi connectivity index (χ1v) is 5.26. The molecule has 1 heterocycles. The molecule has 0 spiro atoms. The SMILES string of the molecule is CC(C)Cn1n[c]cc1-c1ccccc1. The molecule has 0 bridgehead atoms. The van der Waals surface area contributed by atoms with Gasteiger partial charge in [-0.05, 0) is 17.5 Å². The lowest BCUT2D eigenvalue weighted by Crippen LogP contribution is -2.07. The van der Waals surface area contributed by atoms with E-state index in [1.807, 2.05) is 28.9 Å². The van der Waals surface area contributed by atoms with E-state index in [9.17, 15) is 0 Å². The maximum Gasteiger partial charge on any atom is 0.113 e. The number of nitrogens with zero attached hydrogens (tertiary/aromatic N) is 2. The second kappa shape index (κ2) is 4.30. The third kappa shape index (κ3) is 2.27. The highest BCUT2D eigenvalue weighted by Gasteiger charge is 2.05. The molecule has 0 aliphatic rings. The van der Waals surface area contributed by atoms with E-state index < -0.39 is 0 Å². The van der Waals surface area contributed by atoms with Crippen LogP contribution in [0.2, 0.25) is 0 Å². The predicted molar refractivity (Wildman–Crippen MR) is 61.3 cm³/mol. The molecule has 0 saturated heterocycles. The van der Waals surface area contributed by atoms with Crippen molar-refractivity contribution in [2.75, 3.05) is 0 Å². The van der Waals surface area contributed by atoms with Crippen molar-refractivity contribution in [1.82, 2.24) is 9.78 Å². The summed E-state index contributed by atoms with van der Waals surface area (Å²) in [7, 11) is 0. The smallest absolute Gasteiger partial charge is 0.113 e. The number of aromatic nitrogens is 2. The van der Waals surface area contributed by atoms with E-state index in [0.29, 0.717) is 5.92 Å². The lowest BCUT2D eigenvalue weighted by atomic mass is 10.1. The Morgan fingerprint density at radius 2 is 2.00 bits per heavy atom. The van der Waals surface area contributed by atoms with Gasteiger partial charge in [-0.3, -0.25) is 4.68 Å². The zero-order chi connectivity index (χ0) is 10.7. The van der Waals surface area contributed by atoms with Gasteiger partial charge < -0.3 is 0 Å². The highest BCUT2D eigenvalue weighted by atomic mass is 15.3. The van der Waals surface area contributed by atoms with Gasteiger partial charge >= 0.3 is 0 Å². The minimum atomic E-state index is 0.598. The minimum absolute atomic E-state index is 0.598. The predicted octanol–water partition coefficient (Wildman–Crippen LogP) is 3.01. The summed E-state index contributed by atoms with van der Waals surface area (Å²) in [4.78, 5) is 0. The molecule has 0 amide bonds. The van der Waals surface area contributed by atoms with Crippen LogP contribution in [0.4, 0.5) is 0 Å². The van der Waals surface area contributed by atoms with Crippen LogP contribution in [0.1, 0.15) is 13.8 Å². The van der Waals surface area contributed by atoms with E-state index in [0.717, 1.165) is 12.2 Å². The quantitative estimate of drug-likeness (QED) is 0.743. The van der Waals surface area contributed by atoms with Gasteiger partial charge in [0.25, 0.3) is 0 Å². The largest absolute Gasteiger partial charge is 0.264 e. The van der Waals surface area contributed by atoms with Gasteiger partial charge in [0, 0.05) is 6.54 Å². The molecule has 77 valence electrons. The maximum absolute atomic E-state index is 4.22. The molecule has 15 heavy (non-hydrogen) atoms. The summed E-state index contributed by atoms with van der Waals surface area (Å²) in [5, 5.41) is 4.22. The lowest BCUT2D eigenvalue weighted by molar-refractivity contribution is 0.486. The Bertz CT molecular complexity index is 415. The average Bonchev–Trinajstić information content (AvgIpc) is 2.66. The molecular formula is C13H15N2. The Labute approximate surface area is 90.6 Å². The lowest BCUT2D eigenvalue weighted by Gasteiger charge is -2.09. The Morgan fingerprint density at radius 3 is 2.67 bits per heavy atom. The summed E-state index contributed by atoms with van der Waals surface area (Å²) in [5.74, 6) is 0.598. The van der Waals surface area contributed by atoms with Gasteiger partial charge in [0.2, 0.25) is 0 Å². The molecule has 1 aromatic carbocycles. The number of hydrogen-bond donors (Lipinski definition) is 0. The van der Waals surface area contributed by atoms with Crippen molar-refractivity contribution < 1.29 is 0 Å². The molecule has 0 saturated carbocycles. The molecule has 1 radical (unpaired) electrons. The van der Waals surface area contributed by atoms with Gasteiger partial charge in [0.15, 0.2) is 0 Å². The van der Waals surface area contributed by atoms with Gasteiger partial charge in [-0.15, -0.1) is 0 Å². The van der Waals surface area contributed by atoms with E-state index in [-0.39, 0.29) is 0 Å². The van der Waals surface area contributed by atoms with Crippen molar-refractivity contribution in [2.24, 2.45) is 5.92 Å². The molecule has 2 aromatic rings. The van der Waals surface area contributed by atoms with Crippen molar-refractivity contribution in [2.45, 2.75) is 20.4 Å². The molecule has 0 aliphatic carbocycles. The third-order valence-corrected chi connectivity index (χ3v) is 2.27. The summed E-state index contributed by atoms with van der Waals surface area (Å²) < 4.78 is 2.01. The van der Waals surface area contributed by atoms with E-state index in [1.165, 1.54) is 5.56 Å². The summed E-state index contributed by atoms with van der Waals surface area (Å²) in [6, 6.07) is 12.3. The zero-order valence-electron chi connectivity index (χ0n) is 9.14. The first-order valence-electron chi connectivity index (χ1n) is 5.26. The van der Waals surface area contributed by atoms with Crippen molar-refractivity contribution in [1.29, 1.82) is 0 Å². The second-order valence-corrected chi connectivity index (χ2v) is 4.10. The van der Waals surface area contributed by atoms with Crippen LogP contribution in [0, 0.1) is 12.1 Å². The zero-order valence-corrected chi connectivity index (χ0v) is 9.14. The van der Waals surface area contributed by atoms with Crippen molar-refractivity contribution >= 4 is 0 Å². The Balaban J connectivity index is 2.33. The van der Waals surface area contributed by atoms with Gasteiger partial charge in [-0.1, -0.05) is 44.2 Å². The molecule has 0 N–H and O–H groups in total. The van der Waals surface area contributed by atoms with Crippen LogP contribution in [-0.2, 0) is 6.54 Å². The molecule has 1 aromatic heterocycles. The first-order chi connectivity index (χ1) is 7.27. The van der Waals surface area contributed by atoms with Crippen LogP contribution < -0.4 is 0 Å². The van der Waals surface area contributed by atoms with Crippen LogP contribution in [0.5, 0.6) is 0 Å². The monoisotopic (exact) mass is 199 g/mol. The van der Waals surface area contributed by atoms with Gasteiger partial charge in [0.1, 0.15) is 6.20 Å². The molecule has 0 unspecified atom stereocenters. The topological polar surface area (TPSA) is 17.8 Å². The van der Waals surface area contributed by atoms with Crippen molar-refractivity contribution in [3.63, 3.8) is 0 Å². The third-order valence-electron chi connectivity index (χ3n) is 2.27. The Morgan fingerprint density at radius 1 is 1.27 bits per heavy atom. The molecule has 0 fully saturated rings. The molecule has 2 nitrogen and oxygen atoms in total. The summed E-state index contributed by atoms with van der Waals surface area (Å²) in [6.45, 7) is 5.32. The van der Waals surface area contributed by atoms with Crippen molar-refractivity contribution in [3.8, 4) is 11.3 Å². The molecule has 0 atom stereocenters. The van der Waals surface area contributed by atoms with Gasteiger partial charge in [-0.2, -0.15) is 5.10 Å². The van der Waals surface area contributed by atoms with E-state index in [1.54, 1.807) is 0 Å². The molecule has 2 rings (SSSR count). The fraction of sp³-hybridized carbons (Fsp3) is 0.308. The van der Waals surface area contributed by atoms with Crippen LogP contribution in [0.3, 0.4) is 0 Å². The number of rotatable bonds is 3. The van der Waals surface area contributed by atoms with Crippen LogP contribution >= 0.6 is 0 Å². The fourth-order valence-corrected chi connectivity index (χ4v) is 1.61. The van der Waals surface area contributed by atoms with E-state index in [4.69, 9.17) is 0 Å². The molecule has 0 aliphatic heterocycles. The van der Waals surface area contributed by atoms with Crippen LogP contribution in [0.15, 0.2) is 36.4 Å². The van der Waals surface area contributed by atoms with E-state index in [2.05, 4.69) is 37.3 Å². The van der Waals surface area contributed by atoms with Crippen LogP contribution in [-0.4, -0.2) is 9.78 Å². The Kier molecular flexibility index (Phi) is 2.86. The normalized spacial score (nSPS) is 10.9. The van der Waals surface area contributed by atoms with Gasteiger partial charge in [0.05, 0.1) is 5.69 Å². The summed E-state index contributed by atoms with van der Waals surface area (Å²) in [6.07, 6.45) is 2.92. The Hall–Kier alpha value is -1.57. The van der Waals surface area contributed by atoms with E-state index >= 15 is 0 Å². The number of hydrogen-bond acceptors (Lipinski definition) is 1. The maximum atomic E-state index is 4.22. The standard InChI is InChI=1S/C13H15N2/c1-11(2)10-15-13(8-9-14-15)12-6-4-3-5-7-12/h3-8,11H,10H2,1-2H3. The molecular weight excluding hydrogens is 184 g/mol. The summed E-state index contributed by atoms with van der Waals surface area (Å²) in [5.41, 5.74) is 2.34. The highest BCUT2D eigenvalue weighted by Crippen LogP contribution is 2.18. The number of benzene rings is 1.